The molecule has 5 fully saturated rings. The normalized spacial score (nSPS) is 23.9. The Bertz CT molecular complexity index is 2000. The van der Waals surface area contributed by atoms with E-state index in [4.69, 9.17) is 25.9 Å². The average molecular weight is 648 g/mol. The Morgan fingerprint density at radius 1 is 1.08 bits per heavy atom. The van der Waals surface area contributed by atoms with E-state index in [1.54, 1.807) is 12.1 Å². The zero-order valence-electron chi connectivity index (χ0n) is 27.7. The summed E-state index contributed by atoms with van der Waals surface area (Å²) in [6, 6.07) is 10.1. The third-order valence-corrected chi connectivity index (χ3v) is 11.5. The number of phenolic OH excluding ortho intramolecular Hbond substituents is 1. The summed E-state index contributed by atoms with van der Waals surface area (Å²) in [6.07, 6.45) is 12.8. The van der Waals surface area contributed by atoms with Crippen LogP contribution in [0.25, 0.3) is 32.8 Å². The maximum atomic E-state index is 17.3. The Balaban J connectivity index is 1.13. The molecule has 4 aromatic rings. The molecule has 48 heavy (non-hydrogen) atoms. The highest BCUT2D eigenvalue weighted by molar-refractivity contribution is 6.05. The number of aromatic hydroxyl groups is 1. The van der Waals surface area contributed by atoms with E-state index in [-0.39, 0.29) is 28.3 Å². The summed E-state index contributed by atoms with van der Waals surface area (Å²) in [5.74, 6) is 3.13. The molecule has 2 atom stereocenters. The lowest BCUT2D eigenvalue weighted by Crippen LogP contribution is -2.51. The Hall–Kier alpha value is -3.97. The minimum Gasteiger partial charge on any atom is -0.508 e. The van der Waals surface area contributed by atoms with Gasteiger partial charge in [0.25, 0.3) is 0 Å². The standard InChI is InChI=1S/C39H42FN5O3/c1-4-29-23(2)5-6-25-16-28(46)17-30(33(25)29)32-24(3)15-31-35(34(32)40)42-37(43-36(31)45-18-26-7-8-27(19-45)41-26)47-22-38(9-10-38)20-44-13-14-48-39(21-44)11-12-39/h1,5-6,15-17,26-27,41,46H,7-14,18-22H2,2-3H3. The van der Waals surface area contributed by atoms with E-state index < -0.39 is 5.82 Å². The van der Waals surface area contributed by atoms with Gasteiger partial charge in [0, 0.05) is 72.1 Å². The predicted octanol–water partition coefficient (Wildman–Crippen LogP) is 5.86. The summed E-state index contributed by atoms with van der Waals surface area (Å²) in [6.45, 7) is 9.66. The molecule has 5 aliphatic rings. The highest BCUT2D eigenvalue weighted by Gasteiger charge is 2.51. The van der Waals surface area contributed by atoms with Gasteiger partial charge in [0.15, 0.2) is 5.82 Å². The molecule has 2 bridgehead atoms. The molecule has 2 aliphatic carbocycles. The summed E-state index contributed by atoms with van der Waals surface area (Å²) in [7, 11) is 0. The number of rotatable bonds is 7. The fraction of sp³-hybridized carbons (Fsp3) is 0.487. The van der Waals surface area contributed by atoms with Crippen LogP contribution in [0.5, 0.6) is 11.8 Å². The molecular formula is C39H42FN5O3. The first kappa shape index (κ1) is 30.1. The van der Waals surface area contributed by atoms with Crippen LogP contribution in [0.1, 0.15) is 55.2 Å². The van der Waals surface area contributed by atoms with Crippen LogP contribution >= 0.6 is 0 Å². The number of piperazine rings is 1. The number of ether oxygens (including phenoxy) is 2. The van der Waals surface area contributed by atoms with Crippen molar-refractivity contribution in [1.82, 2.24) is 20.2 Å². The second-order valence-electron chi connectivity index (χ2n) is 15.2. The number of fused-ring (bicyclic) bond motifs is 4. The zero-order chi connectivity index (χ0) is 32.8. The van der Waals surface area contributed by atoms with Gasteiger partial charge in [-0.2, -0.15) is 9.97 Å². The van der Waals surface area contributed by atoms with Gasteiger partial charge in [-0.05, 0) is 92.6 Å². The minimum absolute atomic E-state index is 0.0505. The monoisotopic (exact) mass is 647 g/mol. The molecule has 2 unspecified atom stereocenters. The SMILES string of the molecule is C#Cc1c(C)ccc2cc(O)cc(-c3c(C)cc4c(N5CC6CCC(C5)N6)nc(OCC5(CN6CCOC7(CC7)C6)CC5)nc4c3F)c12. The van der Waals surface area contributed by atoms with Crippen LogP contribution in [0.4, 0.5) is 10.2 Å². The van der Waals surface area contributed by atoms with Crippen LogP contribution in [0, 0.1) is 37.4 Å². The van der Waals surface area contributed by atoms with Crippen molar-refractivity contribution in [3.63, 3.8) is 0 Å². The first-order valence-corrected chi connectivity index (χ1v) is 17.5. The molecule has 1 aromatic heterocycles. The number of aromatic nitrogens is 2. The van der Waals surface area contributed by atoms with Crippen LogP contribution < -0.4 is 15.0 Å². The van der Waals surface area contributed by atoms with Crippen molar-refractivity contribution < 1.29 is 19.0 Å². The van der Waals surface area contributed by atoms with Crippen molar-refractivity contribution in [3.05, 3.63) is 52.8 Å². The largest absolute Gasteiger partial charge is 0.508 e. The second-order valence-corrected chi connectivity index (χ2v) is 15.2. The van der Waals surface area contributed by atoms with Crippen LogP contribution in [-0.4, -0.2) is 83.6 Å². The quantitative estimate of drug-likeness (QED) is 0.242. The molecule has 9 rings (SSSR count). The first-order chi connectivity index (χ1) is 23.2. The lowest BCUT2D eigenvalue weighted by molar-refractivity contribution is -0.0532. The predicted molar refractivity (Wildman–Crippen MR) is 185 cm³/mol. The number of hydrogen-bond donors (Lipinski definition) is 2. The Morgan fingerprint density at radius 2 is 1.88 bits per heavy atom. The van der Waals surface area contributed by atoms with Gasteiger partial charge in [0.1, 0.15) is 17.1 Å². The van der Waals surface area contributed by atoms with E-state index in [9.17, 15) is 5.11 Å². The highest BCUT2D eigenvalue weighted by atomic mass is 19.1. The van der Waals surface area contributed by atoms with E-state index in [1.165, 1.54) is 0 Å². The molecule has 4 heterocycles. The Kier molecular flexibility index (Phi) is 6.92. The minimum atomic E-state index is -0.461. The van der Waals surface area contributed by atoms with Crippen LogP contribution in [-0.2, 0) is 4.74 Å². The van der Waals surface area contributed by atoms with Crippen molar-refractivity contribution >= 4 is 27.5 Å². The molecule has 3 aromatic carbocycles. The number of nitrogens with zero attached hydrogens (tertiary/aromatic N) is 4. The first-order valence-electron chi connectivity index (χ1n) is 17.5. The second kappa shape index (κ2) is 11.0. The van der Waals surface area contributed by atoms with E-state index >= 15 is 4.39 Å². The fourth-order valence-corrected chi connectivity index (χ4v) is 8.58. The molecule has 2 saturated carbocycles. The smallest absolute Gasteiger partial charge is 0.319 e. The number of hydrogen-bond acceptors (Lipinski definition) is 8. The van der Waals surface area contributed by atoms with Crippen molar-refractivity contribution in [1.29, 1.82) is 0 Å². The molecule has 2 N–H and O–H groups in total. The third-order valence-electron chi connectivity index (χ3n) is 11.5. The van der Waals surface area contributed by atoms with Crippen molar-refractivity contribution in [2.45, 2.75) is 70.1 Å². The van der Waals surface area contributed by atoms with Crippen LogP contribution in [0.3, 0.4) is 0 Å². The van der Waals surface area contributed by atoms with Crippen LogP contribution in [0.15, 0.2) is 30.3 Å². The number of terminal acetylenes is 1. The maximum Gasteiger partial charge on any atom is 0.319 e. The summed E-state index contributed by atoms with van der Waals surface area (Å²) in [4.78, 5) is 14.6. The summed E-state index contributed by atoms with van der Waals surface area (Å²) >= 11 is 0. The molecule has 9 heteroatoms. The van der Waals surface area contributed by atoms with E-state index in [0.717, 1.165) is 106 Å². The van der Waals surface area contributed by atoms with E-state index in [2.05, 4.69) is 21.0 Å². The third kappa shape index (κ3) is 5.17. The molecule has 3 aliphatic heterocycles. The van der Waals surface area contributed by atoms with Gasteiger partial charge >= 0.3 is 6.01 Å². The number of aryl methyl sites for hydroxylation is 2. The number of phenols is 1. The van der Waals surface area contributed by atoms with Gasteiger partial charge in [-0.25, -0.2) is 4.39 Å². The molecule has 0 amide bonds. The molecule has 1 spiro atoms. The zero-order valence-corrected chi connectivity index (χ0v) is 27.7. The number of halogens is 1. The Morgan fingerprint density at radius 3 is 2.60 bits per heavy atom. The Labute approximate surface area is 280 Å². The molecule has 8 nitrogen and oxygen atoms in total. The van der Waals surface area contributed by atoms with Crippen molar-refractivity contribution in [2.75, 3.05) is 50.8 Å². The van der Waals surface area contributed by atoms with Crippen molar-refractivity contribution in [3.8, 4) is 35.2 Å². The summed E-state index contributed by atoms with van der Waals surface area (Å²) in [5, 5.41) is 16.6. The number of morpholine rings is 1. The number of nitrogens with one attached hydrogen (secondary N) is 1. The van der Waals surface area contributed by atoms with Gasteiger partial charge < -0.3 is 24.8 Å². The van der Waals surface area contributed by atoms with Gasteiger partial charge in [0.2, 0.25) is 0 Å². The highest BCUT2D eigenvalue weighted by Crippen LogP contribution is 2.49. The average Bonchev–Trinajstić information content (AvgIpc) is 3.99. The molecule has 248 valence electrons. The topological polar surface area (TPSA) is 83.0 Å². The molecular weight excluding hydrogens is 605 g/mol. The van der Waals surface area contributed by atoms with E-state index in [0.29, 0.717) is 40.8 Å². The fourth-order valence-electron chi connectivity index (χ4n) is 8.58. The van der Waals surface area contributed by atoms with Gasteiger partial charge in [-0.1, -0.05) is 18.1 Å². The number of benzene rings is 3. The molecule has 3 saturated heterocycles. The number of anilines is 1. The lowest BCUT2D eigenvalue weighted by Gasteiger charge is -2.35. The van der Waals surface area contributed by atoms with Gasteiger partial charge in [-0.15, -0.1) is 6.42 Å². The van der Waals surface area contributed by atoms with Crippen LogP contribution in [0.2, 0.25) is 0 Å². The summed E-state index contributed by atoms with van der Waals surface area (Å²) < 4.78 is 29.8. The van der Waals surface area contributed by atoms with Crippen molar-refractivity contribution in [2.24, 2.45) is 5.41 Å². The van der Waals surface area contributed by atoms with Gasteiger partial charge in [0.05, 0.1) is 18.8 Å². The lowest BCUT2D eigenvalue weighted by atomic mass is 9.89. The van der Waals surface area contributed by atoms with Gasteiger partial charge in [-0.3, -0.25) is 4.90 Å². The maximum absolute atomic E-state index is 17.3. The summed E-state index contributed by atoms with van der Waals surface area (Å²) in [5.41, 5.74) is 3.63. The van der Waals surface area contributed by atoms with E-state index in [1.807, 2.05) is 32.0 Å². The molecule has 0 radical (unpaired) electrons.